The number of rotatable bonds is 4. The molecule has 2 unspecified atom stereocenters. The van der Waals surface area contributed by atoms with Crippen molar-refractivity contribution >= 4 is 10.8 Å². The molecule has 4 nitrogen and oxygen atoms in total. The number of fused-ring (bicyclic) bond motifs is 1. The molecule has 2 rings (SSSR count). The minimum absolute atomic E-state index is 0.699. The van der Waals surface area contributed by atoms with Crippen LogP contribution >= 0.6 is 0 Å². The predicted molar refractivity (Wildman–Crippen MR) is 67.9 cm³/mol. The third-order valence-corrected chi connectivity index (χ3v) is 2.91. The summed E-state index contributed by atoms with van der Waals surface area (Å²) in [5.74, 6) is 0. The van der Waals surface area contributed by atoms with Crippen LogP contribution in [0.25, 0.3) is 10.8 Å². The summed E-state index contributed by atoms with van der Waals surface area (Å²) in [6.45, 7) is 0. The van der Waals surface area contributed by atoms with Crippen LogP contribution in [0.3, 0.4) is 0 Å². The Morgan fingerprint density at radius 2 is 1.17 bits per heavy atom. The summed E-state index contributed by atoms with van der Waals surface area (Å²) < 4.78 is 9.72. The Morgan fingerprint density at radius 3 is 1.50 bits per heavy atom. The summed E-state index contributed by atoms with van der Waals surface area (Å²) in [5, 5.41) is 21.1. The Bertz CT molecular complexity index is 489. The quantitative estimate of drug-likeness (QED) is 0.814. The van der Waals surface area contributed by atoms with Crippen LogP contribution in [0.2, 0.25) is 0 Å². The van der Waals surface area contributed by atoms with Crippen molar-refractivity contribution in [3.63, 3.8) is 0 Å². The lowest BCUT2D eigenvalue weighted by atomic mass is 10.0. The molecule has 2 aromatic carbocycles. The lowest BCUT2D eigenvalue weighted by Gasteiger charge is -2.12. The lowest BCUT2D eigenvalue weighted by Crippen LogP contribution is -2.00. The number of ether oxygens (including phenoxy) is 2. The molecule has 0 aromatic heterocycles. The van der Waals surface area contributed by atoms with Crippen LogP contribution in [-0.4, -0.2) is 24.4 Å². The molecule has 2 atom stereocenters. The van der Waals surface area contributed by atoms with E-state index in [9.17, 15) is 10.2 Å². The highest BCUT2D eigenvalue weighted by molar-refractivity contribution is 5.83. The van der Waals surface area contributed by atoms with Crippen molar-refractivity contribution < 1.29 is 19.7 Å². The van der Waals surface area contributed by atoms with Crippen LogP contribution in [0.5, 0.6) is 0 Å². The van der Waals surface area contributed by atoms with Crippen molar-refractivity contribution in [2.75, 3.05) is 14.2 Å². The molecule has 0 saturated heterocycles. The summed E-state index contributed by atoms with van der Waals surface area (Å²) in [5.41, 5.74) is 1.40. The average Bonchev–Trinajstić information content (AvgIpc) is 2.44. The Labute approximate surface area is 105 Å². The molecule has 0 heterocycles. The second-order valence-electron chi connectivity index (χ2n) is 4.04. The van der Waals surface area contributed by atoms with E-state index in [-0.39, 0.29) is 0 Å². The minimum atomic E-state index is -0.918. The summed E-state index contributed by atoms with van der Waals surface area (Å²) in [7, 11) is 2.90. The van der Waals surface area contributed by atoms with Gasteiger partial charge in [-0.15, -0.1) is 0 Å². The van der Waals surface area contributed by atoms with E-state index in [0.717, 1.165) is 10.8 Å². The van der Waals surface area contributed by atoms with Crippen molar-refractivity contribution in [2.45, 2.75) is 12.6 Å². The summed E-state index contributed by atoms with van der Waals surface area (Å²) in [6, 6.07) is 11.0. The molecule has 0 aliphatic rings. The second kappa shape index (κ2) is 5.46. The highest BCUT2D eigenvalue weighted by Gasteiger charge is 2.09. The Balaban J connectivity index is 2.42. The van der Waals surface area contributed by atoms with E-state index in [1.54, 1.807) is 12.1 Å². The van der Waals surface area contributed by atoms with Crippen molar-refractivity contribution in [1.29, 1.82) is 0 Å². The first-order chi connectivity index (χ1) is 8.65. The zero-order chi connectivity index (χ0) is 13.1. The highest BCUT2D eigenvalue weighted by atomic mass is 16.6. The van der Waals surface area contributed by atoms with Crippen molar-refractivity contribution in [3.05, 3.63) is 47.5 Å². The number of benzene rings is 2. The molecular weight excluding hydrogens is 232 g/mol. The van der Waals surface area contributed by atoms with E-state index >= 15 is 0 Å². The molecule has 0 radical (unpaired) electrons. The highest BCUT2D eigenvalue weighted by Crippen LogP contribution is 2.24. The second-order valence-corrected chi connectivity index (χ2v) is 4.04. The van der Waals surface area contributed by atoms with E-state index in [4.69, 9.17) is 9.47 Å². The molecule has 2 aromatic rings. The van der Waals surface area contributed by atoms with Gasteiger partial charge in [0, 0.05) is 25.3 Å². The maximum atomic E-state index is 9.59. The Kier molecular flexibility index (Phi) is 3.93. The first kappa shape index (κ1) is 13.0. The number of aliphatic hydroxyl groups excluding tert-OH is 2. The van der Waals surface area contributed by atoms with Crippen LogP contribution in [0.1, 0.15) is 23.7 Å². The lowest BCUT2D eigenvalue weighted by molar-refractivity contribution is -0.0773. The van der Waals surface area contributed by atoms with Crippen LogP contribution in [0.4, 0.5) is 0 Å². The number of hydrogen-bond donors (Lipinski definition) is 2. The van der Waals surface area contributed by atoms with E-state index in [1.807, 2.05) is 24.3 Å². The number of hydrogen-bond acceptors (Lipinski definition) is 4. The van der Waals surface area contributed by atoms with Crippen LogP contribution in [0.15, 0.2) is 36.4 Å². The predicted octanol–water partition coefficient (Wildman–Crippen LogP) is 2.11. The standard InChI is InChI=1S/C14H16O4/c1-17-13(15)11-5-3-10-8-12(14(16)18-2)6-4-9(10)7-11/h3-8,13-16H,1-2H3. The first-order valence-corrected chi connectivity index (χ1v) is 5.61. The van der Waals surface area contributed by atoms with Gasteiger partial charge >= 0.3 is 0 Å². The maximum Gasteiger partial charge on any atom is 0.180 e. The van der Waals surface area contributed by atoms with Gasteiger partial charge in [0.1, 0.15) is 0 Å². The SMILES string of the molecule is COC(O)c1ccc2cc(C(O)OC)ccc2c1. The fraction of sp³-hybridized carbons (Fsp3) is 0.286. The number of aliphatic hydroxyl groups is 2. The average molecular weight is 248 g/mol. The zero-order valence-electron chi connectivity index (χ0n) is 10.3. The summed E-state index contributed by atoms with van der Waals surface area (Å²) in [6.07, 6.45) is -1.84. The molecule has 0 spiro atoms. The topological polar surface area (TPSA) is 58.9 Å². The molecule has 96 valence electrons. The largest absolute Gasteiger partial charge is 0.364 e. The van der Waals surface area contributed by atoms with Gasteiger partial charge < -0.3 is 19.7 Å². The van der Waals surface area contributed by atoms with Gasteiger partial charge in [0.15, 0.2) is 12.6 Å². The molecule has 0 fully saturated rings. The number of methoxy groups -OCH3 is 2. The van der Waals surface area contributed by atoms with Gasteiger partial charge in [-0.1, -0.05) is 24.3 Å². The van der Waals surface area contributed by atoms with Crippen molar-refractivity contribution in [2.24, 2.45) is 0 Å². The van der Waals surface area contributed by atoms with Gasteiger partial charge in [0.25, 0.3) is 0 Å². The third-order valence-electron chi connectivity index (χ3n) is 2.91. The fourth-order valence-electron chi connectivity index (χ4n) is 1.86. The van der Waals surface area contributed by atoms with Gasteiger partial charge in [0.05, 0.1) is 0 Å². The van der Waals surface area contributed by atoms with Gasteiger partial charge in [0.2, 0.25) is 0 Å². The van der Waals surface area contributed by atoms with Crippen LogP contribution in [0, 0.1) is 0 Å². The van der Waals surface area contributed by atoms with Gasteiger partial charge in [-0.2, -0.15) is 0 Å². The Hall–Kier alpha value is -1.46. The molecule has 0 saturated carbocycles. The van der Waals surface area contributed by atoms with E-state index in [0.29, 0.717) is 11.1 Å². The molecule has 0 amide bonds. The van der Waals surface area contributed by atoms with Crippen LogP contribution < -0.4 is 0 Å². The molecule has 4 heteroatoms. The van der Waals surface area contributed by atoms with E-state index in [2.05, 4.69) is 0 Å². The Morgan fingerprint density at radius 1 is 0.778 bits per heavy atom. The summed E-state index contributed by atoms with van der Waals surface area (Å²) >= 11 is 0. The molecule has 0 aliphatic heterocycles. The van der Waals surface area contributed by atoms with Crippen molar-refractivity contribution in [1.82, 2.24) is 0 Å². The maximum absolute atomic E-state index is 9.59. The van der Waals surface area contributed by atoms with Crippen molar-refractivity contribution in [3.8, 4) is 0 Å². The van der Waals surface area contributed by atoms with Gasteiger partial charge in [-0.05, 0) is 22.9 Å². The van der Waals surface area contributed by atoms with E-state index in [1.165, 1.54) is 14.2 Å². The summed E-state index contributed by atoms with van der Waals surface area (Å²) in [4.78, 5) is 0. The molecule has 18 heavy (non-hydrogen) atoms. The molecular formula is C14H16O4. The fourth-order valence-corrected chi connectivity index (χ4v) is 1.86. The molecule has 0 bridgehead atoms. The first-order valence-electron chi connectivity index (χ1n) is 5.61. The minimum Gasteiger partial charge on any atom is -0.364 e. The zero-order valence-corrected chi connectivity index (χ0v) is 10.3. The normalized spacial score (nSPS) is 14.7. The van der Waals surface area contributed by atoms with Gasteiger partial charge in [-0.25, -0.2) is 0 Å². The molecule has 2 N–H and O–H groups in total. The third kappa shape index (κ3) is 2.52. The van der Waals surface area contributed by atoms with E-state index < -0.39 is 12.6 Å². The smallest absolute Gasteiger partial charge is 0.180 e. The molecule has 0 aliphatic carbocycles. The van der Waals surface area contributed by atoms with Gasteiger partial charge in [-0.3, -0.25) is 0 Å². The monoisotopic (exact) mass is 248 g/mol. The van der Waals surface area contributed by atoms with Crippen LogP contribution in [-0.2, 0) is 9.47 Å².